The van der Waals surface area contributed by atoms with Crippen LogP contribution in [0.4, 0.5) is 11.4 Å². The highest BCUT2D eigenvalue weighted by atomic mass is 32.2. The van der Waals surface area contributed by atoms with E-state index in [-0.39, 0.29) is 0 Å². The van der Waals surface area contributed by atoms with Gasteiger partial charge in [0.15, 0.2) is 0 Å². The lowest BCUT2D eigenvalue weighted by Gasteiger charge is -2.10. The molecule has 1 aliphatic rings. The molecule has 110 valence electrons. The molecule has 21 heavy (non-hydrogen) atoms. The molecule has 2 aromatic carbocycles. The quantitative estimate of drug-likeness (QED) is 0.915. The van der Waals surface area contributed by atoms with Gasteiger partial charge in [-0.3, -0.25) is 4.72 Å². The molecule has 0 aliphatic carbocycles. The number of hydrogen-bond donors (Lipinski definition) is 2. The first-order chi connectivity index (χ1) is 9.94. The van der Waals surface area contributed by atoms with Gasteiger partial charge in [-0.15, -0.1) is 0 Å². The fourth-order valence-electron chi connectivity index (χ4n) is 2.62. The maximum absolute atomic E-state index is 12.5. The number of sulfonamides is 1. The van der Waals surface area contributed by atoms with Crippen molar-refractivity contribution < 1.29 is 8.42 Å². The van der Waals surface area contributed by atoms with E-state index in [9.17, 15) is 8.42 Å². The van der Waals surface area contributed by atoms with Gasteiger partial charge in [0.1, 0.15) is 0 Å². The van der Waals surface area contributed by atoms with Crippen LogP contribution in [0.1, 0.15) is 18.1 Å². The minimum atomic E-state index is -3.55. The predicted octanol–water partition coefficient (Wildman–Crippen LogP) is 3.15. The Hall–Kier alpha value is -2.01. The van der Waals surface area contributed by atoms with Crippen molar-refractivity contribution in [1.82, 2.24) is 0 Å². The van der Waals surface area contributed by atoms with Gasteiger partial charge in [-0.25, -0.2) is 8.42 Å². The van der Waals surface area contributed by atoms with Crippen LogP contribution in [0.3, 0.4) is 0 Å². The summed E-state index contributed by atoms with van der Waals surface area (Å²) >= 11 is 0. The average molecular weight is 302 g/mol. The number of rotatable bonds is 3. The molecule has 0 amide bonds. The van der Waals surface area contributed by atoms with Crippen LogP contribution in [0.15, 0.2) is 47.4 Å². The first-order valence-electron chi connectivity index (χ1n) is 6.93. The zero-order valence-electron chi connectivity index (χ0n) is 12.1. The van der Waals surface area contributed by atoms with Crippen LogP contribution in [0.5, 0.6) is 0 Å². The molecule has 0 saturated carbocycles. The van der Waals surface area contributed by atoms with Crippen LogP contribution in [-0.2, 0) is 16.4 Å². The van der Waals surface area contributed by atoms with Crippen molar-refractivity contribution in [2.75, 3.05) is 10.0 Å². The van der Waals surface area contributed by atoms with Gasteiger partial charge in [0.05, 0.1) is 4.90 Å². The van der Waals surface area contributed by atoms with Crippen LogP contribution in [0, 0.1) is 6.92 Å². The Morgan fingerprint density at radius 2 is 2.00 bits per heavy atom. The third-order valence-electron chi connectivity index (χ3n) is 3.59. The topological polar surface area (TPSA) is 58.2 Å². The Morgan fingerprint density at radius 3 is 2.76 bits per heavy atom. The Bertz CT molecular complexity index is 785. The molecule has 0 spiro atoms. The maximum atomic E-state index is 12.5. The summed E-state index contributed by atoms with van der Waals surface area (Å²) in [5.41, 5.74) is 3.68. The first kappa shape index (κ1) is 13.9. The molecule has 0 aromatic heterocycles. The molecule has 0 saturated heterocycles. The van der Waals surface area contributed by atoms with Gasteiger partial charge < -0.3 is 5.32 Å². The van der Waals surface area contributed by atoms with Crippen molar-refractivity contribution in [3.63, 3.8) is 0 Å². The summed E-state index contributed by atoms with van der Waals surface area (Å²) in [6.07, 6.45) is 0.850. The lowest BCUT2D eigenvalue weighted by Crippen LogP contribution is -2.13. The van der Waals surface area contributed by atoms with Gasteiger partial charge in [0.25, 0.3) is 10.0 Å². The van der Waals surface area contributed by atoms with Crippen molar-refractivity contribution in [2.45, 2.75) is 31.2 Å². The molecule has 5 heteroatoms. The van der Waals surface area contributed by atoms with Gasteiger partial charge in [0.2, 0.25) is 0 Å². The lowest BCUT2D eigenvalue weighted by atomic mass is 10.1. The monoisotopic (exact) mass is 302 g/mol. The number of benzene rings is 2. The molecule has 1 atom stereocenters. The normalized spacial score (nSPS) is 17.1. The molecule has 0 unspecified atom stereocenters. The van der Waals surface area contributed by atoms with Gasteiger partial charge >= 0.3 is 0 Å². The van der Waals surface area contributed by atoms with E-state index in [0.717, 1.165) is 23.2 Å². The SMILES string of the molecule is Cc1cccc(NS(=O)(=O)c2ccc3c(c2)C[C@H](C)N3)c1. The van der Waals surface area contributed by atoms with Crippen molar-refractivity contribution in [3.8, 4) is 0 Å². The molecule has 2 aromatic rings. The molecule has 0 fully saturated rings. The third kappa shape index (κ3) is 2.88. The average Bonchev–Trinajstić information content (AvgIpc) is 2.77. The second-order valence-corrected chi connectivity index (χ2v) is 7.23. The van der Waals surface area contributed by atoms with E-state index in [2.05, 4.69) is 17.0 Å². The van der Waals surface area contributed by atoms with E-state index < -0.39 is 10.0 Å². The smallest absolute Gasteiger partial charge is 0.261 e. The number of anilines is 2. The Kier molecular flexibility index (Phi) is 3.37. The van der Waals surface area contributed by atoms with Crippen molar-refractivity contribution in [3.05, 3.63) is 53.6 Å². The summed E-state index contributed by atoms with van der Waals surface area (Å²) in [5.74, 6) is 0. The van der Waals surface area contributed by atoms with E-state index in [0.29, 0.717) is 16.6 Å². The van der Waals surface area contributed by atoms with Crippen LogP contribution >= 0.6 is 0 Å². The Balaban J connectivity index is 1.91. The minimum absolute atomic E-state index is 0.304. The summed E-state index contributed by atoms with van der Waals surface area (Å²) in [4.78, 5) is 0.304. The fraction of sp³-hybridized carbons (Fsp3) is 0.250. The number of nitrogens with one attached hydrogen (secondary N) is 2. The predicted molar refractivity (Wildman–Crippen MR) is 85.2 cm³/mol. The van der Waals surface area contributed by atoms with E-state index in [1.54, 1.807) is 18.2 Å². The van der Waals surface area contributed by atoms with E-state index in [1.165, 1.54) is 0 Å². The highest BCUT2D eigenvalue weighted by Gasteiger charge is 2.21. The maximum Gasteiger partial charge on any atom is 0.261 e. The highest BCUT2D eigenvalue weighted by molar-refractivity contribution is 7.92. The number of hydrogen-bond acceptors (Lipinski definition) is 3. The third-order valence-corrected chi connectivity index (χ3v) is 4.96. The molecule has 1 heterocycles. The first-order valence-corrected chi connectivity index (χ1v) is 8.41. The number of aryl methyl sites for hydroxylation is 1. The second kappa shape index (κ2) is 5.07. The van der Waals surface area contributed by atoms with Crippen LogP contribution < -0.4 is 10.0 Å². The summed E-state index contributed by atoms with van der Waals surface area (Å²) in [6.45, 7) is 4.01. The molecule has 2 N–H and O–H groups in total. The van der Waals surface area contributed by atoms with E-state index >= 15 is 0 Å². The van der Waals surface area contributed by atoms with Gasteiger partial charge in [0, 0.05) is 17.4 Å². The zero-order chi connectivity index (χ0) is 15.0. The van der Waals surface area contributed by atoms with Crippen molar-refractivity contribution in [1.29, 1.82) is 0 Å². The fourth-order valence-corrected chi connectivity index (χ4v) is 3.72. The summed E-state index contributed by atoms with van der Waals surface area (Å²) in [6, 6.07) is 12.9. The van der Waals surface area contributed by atoms with Gasteiger partial charge in [-0.2, -0.15) is 0 Å². The van der Waals surface area contributed by atoms with Crippen molar-refractivity contribution >= 4 is 21.4 Å². The molecule has 4 nitrogen and oxygen atoms in total. The summed E-state index contributed by atoms with van der Waals surface area (Å²) in [7, 11) is -3.55. The lowest BCUT2D eigenvalue weighted by molar-refractivity contribution is 0.601. The van der Waals surface area contributed by atoms with Crippen LogP contribution in [0.2, 0.25) is 0 Å². The van der Waals surface area contributed by atoms with E-state index in [1.807, 2.05) is 31.2 Å². The molecule has 0 radical (unpaired) electrons. The number of fused-ring (bicyclic) bond motifs is 1. The Morgan fingerprint density at radius 1 is 1.19 bits per heavy atom. The van der Waals surface area contributed by atoms with Gasteiger partial charge in [-0.1, -0.05) is 12.1 Å². The molecule has 1 aliphatic heterocycles. The zero-order valence-corrected chi connectivity index (χ0v) is 12.9. The minimum Gasteiger partial charge on any atom is -0.382 e. The van der Waals surface area contributed by atoms with Crippen LogP contribution in [-0.4, -0.2) is 14.5 Å². The van der Waals surface area contributed by atoms with Crippen molar-refractivity contribution in [2.24, 2.45) is 0 Å². The van der Waals surface area contributed by atoms with E-state index in [4.69, 9.17) is 0 Å². The molecular formula is C16H18N2O2S. The highest BCUT2D eigenvalue weighted by Crippen LogP contribution is 2.28. The summed E-state index contributed by atoms with van der Waals surface area (Å²) < 4.78 is 27.6. The second-order valence-electron chi connectivity index (χ2n) is 5.54. The molecule has 0 bridgehead atoms. The largest absolute Gasteiger partial charge is 0.382 e. The molecular weight excluding hydrogens is 284 g/mol. The standard InChI is InChI=1S/C16H18N2O2S/c1-11-4-3-5-14(8-11)18-21(19,20)15-6-7-16-13(10-15)9-12(2)17-16/h3-8,10,12,17-18H,9H2,1-2H3/t12-/m0/s1. The Labute approximate surface area is 125 Å². The van der Waals surface area contributed by atoms with Gasteiger partial charge in [-0.05, 0) is 61.7 Å². The van der Waals surface area contributed by atoms with Crippen LogP contribution in [0.25, 0.3) is 0 Å². The summed E-state index contributed by atoms with van der Waals surface area (Å²) in [5, 5.41) is 3.32. The molecule has 3 rings (SSSR count).